The molecule has 2 rings (SSSR count). The van der Waals surface area contributed by atoms with Gasteiger partial charge in [-0.3, -0.25) is 4.98 Å². The standard InChI is InChI=1S/C12H11N2O/c1-9-7-10(13)4-5-12(9)15-11-3-2-6-14-8-11/h2-8,13H,1H3. The number of rotatable bonds is 2. The molecule has 0 saturated heterocycles. The van der Waals surface area contributed by atoms with E-state index in [2.05, 4.69) is 4.98 Å². The molecule has 75 valence electrons. The van der Waals surface area contributed by atoms with Gasteiger partial charge in [0.1, 0.15) is 11.5 Å². The number of aromatic nitrogens is 1. The van der Waals surface area contributed by atoms with Crippen LogP contribution in [0.4, 0.5) is 5.69 Å². The number of benzene rings is 1. The maximum absolute atomic E-state index is 7.44. The first kappa shape index (κ1) is 9.52. The van der Waals surface area contributed by atoms with Crippen molar-refractivity contribution in [2.24, 2.45) is 0 Å². The second kappa shape index (κ2) is 4.00. The van der Waals surface area contributed by atoms with Crippen LogP contribution in [0.3, 0.4) is 0 Å². The molecular weight excluding hydrogens is 188 g/mol. The Morgan fingerprint density at radius 1 is 1.27 bits per heavy atom. The van der Waals surface area contributed by atoms with Crippen LogP contribution in [0.1, 0.15) is 5.56 Å². The Morgan fingerprint density at radius 3 is 2.80 bits per heavy atom. The van der Waals surface area contributed by atoms with Crippen molar-refractivity contribution in [1.29, 1.82) is 0 Å². The van der Waals surface area contributed by atoms with Gasteiger partial charge in [0.25, 0.3) is 0 Å². The SMILES string of the molecule is Cc1cc([NH])ccc1Oc1cccnc1. The lowest BCUT2D eigenvalue weighted by atomic mass is 10.2. The summed E-state index contributed by atoms with van der Waals surface area (Å²) in [5, 5.41) is 0. The van der Waals surface area contributed by atoms with Crippen LogP contribution in [0.25, 0.3) is 0 Å². The first-order chi connectivity index (χ1) is 7.25. The van der Waals surface area contributed by atoms with E-state index >= 15 is 0 Å². The van der Waals surface area contributed by atoms with E-state index in [1.54, 1.807) is 30.6 Å². The Kier molecular flexibility index (Phi) is 2.54. The molecule has 0 unspecified atom stereocenters. The van der Waals surface area contributed by atoms with Crippen LogP contribution in [0, 0.1) is 6.92 Å². The van der Waals surface area contributed by atoms with Gasteiger partial charge in [-0.1, -0.05) is 0 Å². The van der Waals surface area contributed by atoms with Gasteiger partial charge in [0.15, 0.2) is 0 Å². The fourth-order valence-electron chi connectivity index (χ4n) is 1.30. The predicted molar refractivity (Wildman–Crippen MR) is 58.2 cm³/mol. The van der Waals surface area contributed by atoms with Crippen LogP contribution in [-0.2, 0) is 0 Å². The molecule has 0 spiro atoms. The average Bonchev–Trinajstić information content (AvgIpc) is 2.24. The van der Waals surface area contributed by atoms with Crippen LogP contribution in [0.2, 0.25) is 0 Å². The summed E-state index contributed by atoms with van der Waals surface area (Å²) in [6.07, 6.45) is 3.36. The molecule has 0 aliphatic heterocycles. The van der Waals surface area contributed by atoms with Crippen LogP contribution in [-0.4, -0.2) is 4.98 Å². The first-order valence-corrected chi connectivity index (χ1v) is 4.66. The van der Waals surface area contributed by atoms with E-state index in [0.717, 1.165) is 11.3 Å². The lowest BCUT2D eigenvalue weighted by molar-refractivity contribution is 0.476. The lowest BCUT2D eigenvalue weighted by Crippen LogP contribution is -1.87. The summed E-state index contributed by atoms with van der Waals surface area (Å²) in [5.74, 6) is 1.47. The number of hydrogen-bond acceptors (Lipinski definition) is 2. The topological polar surface area (TPSA) is 45.9 Å². The molecule has 1 aromatic heterocycles. The van der Waals surface area contributed by atoms with Crippen LogP contribution >= 0.6 is 0 Å². The fourth-order valence-corrected chi connectivity index (χ4v) is 1.30. The first-order valence-electron chi connectivity index (χ1n) is 4.66. The number of pyridine rings is 1. The maximum atomic E-state index is 7.44. The third kappa shape index (κ3) is 2.26. The average molecular weight is 199 g/mol. The van der Waals surface area contributed by atoms with Crippen molar-refractivity contribution < 1.29 is 4.74 Å². The van der Waals surface area contributed by atoms with Crippen molar-refractivity contribution in [3.63, 3.8) is 0 Å². The number of nitrogens with zero attached hydrogens (tertiary/aromatic N) is 1. The zero-order valence-electron chi connectivity index (χ0n) is 8.40. The van der Waals surface area contributed by atoms with E-state index in [0.29, 0.717) is 11.4 Å². The molecule has 0 aliphatic carbocycles. The second-order valence-electron chi connectivity index (χ2n) is 3.27. The smallest absolute Gasteiger partial charge is 0.145 e. The number of aryl methyl sites for hydroxylation is 1. The van der Waals surface area contributed by atoms with E-state index in [1.165, 1.54) is 0 Å². The van der Waals surface area contributed by atoms with Crippen LogP contribution in [0.5, 0.6) is 11.5 Å². The Hall–Kier alpha value is -2.03. The van der Waals surface area contributed by atoms with Gasteiger partial charge < -0.3 is 10.5 Å². The van der Waals surface area contributed by atoms with Gasteiger partial charge in [-0.05, 0) is 42.8 Å². The Balaban J connectivity index is 2.25. The van der Waals surface area contributed by atoms with Gasteiger partial charge >= 0.3 is 0 Å². The van der Waals surface area contributed by atoms with Gasteiger partial charge in [-0.2, -0.15) is 0 Å². The minimum absolute atomic E-state index is 0.492. The highest BCUT2D eigenvalue weighted by Crippen LogP contribution is 2.25. The van der Waals surface area contributed by atoms with Crippen molar-refractivity contribution in [3.8, 4) is 11.5 Å². The van der Waals surface area contributed by atoms with E-state index in [9.17, 15) is 0 Å². The number of nitrogens with one attached hydrogen (secondary N) is 1. The molecule has 1 aromatic carbocycles. The van der Waals surface area contributed by atoms with Crippen molar-refractivity contribution in [1.82, 2.24) is 10.7 Å². The van der Waals surface area contributed by atoms with E-state index in [4.69, 9.17) is 10.5 Å². The molecule has 0 saturated carbocycles. The van der Waals surface area contributed by atoms with Gasteiger partial charge in [-0.15, -0.1) is 0 Å². The quantitative estimate of drug-likeness (QED) is 0.746. The highest BCUT2D eigenvalue weighted by molar-refractivity contribution is 5.46. The van der Waals surface area contributed by atoms with E-state index < -0.39 is 0 Å². The summed E-state index contributed by atoms with van der Waals surface area (Å²) in [6, 6.07) is 8.94. The van der Waals surface area contributed by atoms with Gasteiger partial charge in [-0.25, -0.2) is 0 Å². The van der Waals surface area contributed by atoms with Gasteiger partial charge in [0.05, 0.1) is 11.9 Å². The largest absolute Gasteiger partial charge is 0.455 e. The molecule has 1 N–H and O–H groups in total. The number of hydrogen-bond donors (Lipinski definition) is 0. The molecule has 3 heteroatoms. The summed E-state index contributed by atoms with van der Waals surface area (Å²) >= 11 is 0. The molecule has 0 bridgehead atoms. The van der Waals surface area contributed by atoms with Crippen LogP contribution in [0.15, 0.2) is 42.7 Å². The summed E-state index contributed by atoms with van der Waals surface area (Å²) in [7, 11) is 0. The Bertz CT molecular complexity index is 454. The molecule has 0 atom stereocenters. The zero-order valence-corrected chi connectivity index (χ0v) is 8.40. The van der Waals surface area contributed by atoms with Crippen molar-refractivity contribution >= 4 is 5.69 Å². The summed E-state index contributed by atoms with van der Waals surface area (Å²) in [6.45, 7) is 1.92. The second-order valence-corrected chi connectivity index (χ2v) is 3.27. The van der Waals surface area contributed by atoms with Crippen molar-refractivity contribution in [2.45, 2.75) is 6.92 Å². The molecular formula is C12H11N2O. The monoisotopic (exact) mass is 199 g/mol. The van der Waals surface area contributed by atoms with Crippen LogP contribution < -0.4 is 10.5 Å². The minimum Gasteiger partial charge on any atom is -0.455 e. The molecule has 0 aliphatic rings. The molecule has 0 fully saturated rings. The van der Waals surface area contributed by atoms with Crippen molar-refractivity contribution in [2.75, 3.05) is 0 Å². The normalized spacial score (nSPS) is 9.93. The summed E-state index contributed by atoms with van der Waals surface area (Å²) in [4.78, 5) is 3.97. The molecule has 1 heterocycles. The maximum Gasteiger partial charge on any atom is 0.145 e. The lowest BCUT2D eigenvalue weighted by Gasteiger charge is -2.08. The molecule has 0 amide bonds. The zero-order chi connectivity index (χ0) is 10.7. The van der Waals surface area contributed by atoms with E-state index in [1.807, 2.05) is 19.1 Å². The number of ether oxygens (including phenoxy) is 1. The molecule has 1 radical (unpaired) electrons. The predicted octanol–water partition coefficient (Wildman–Crippen LogP) is 3.10. The van der Waals surface area contributed by atoms with Gasteiger partial charge in [0, 0.05) is 6.20 Å². The fraction of sp³-hybridized carbons (Fsp3) is 0.0833. The molecule has 2 aromatic rings. The van der Waals surface area contributed by atoms with Gasteiger partial charge in [0.2, 0.25) is 0 Å². The highest BCUT2D eigenvalue weighted by atomic mass is 16.5. The third-order valence-electron chi connectivity index (χ3n) is 2.04. The molecule has 3 nitrogen and oxygen atoms in total. The summed E-state index contributed by atoms with van der Waals surface area (Å²) in [5.41, 5.74) is 8.89. The Labute approximate surface area is 88.5 Å². The minimum atomic E-state index is 0.492. The highest BCUT2D eigenvalue weighted by Gasteiger charge is 2.01. The van der Waals surface area contributed by atoms with E-state index in [-0.39, 0.29) is 0 Å². The third-order valence-corrected chi connectivity index (χ3v) is 2.04. The Morgan fingerprint density at radius 2 is 2.13 bits per heavy atom. The van der Waals surface area contributed by atoms with Crippen molar-refractivity contribution in [3.05, 3.63) is 48.3 Å². The molecule has 15 heavy (non-hydrogen) atoms. The summed E-state index contributed by atoms with van der Waals surface area (Å²) < 4.78 is 5.62.